The second-order valence-electron chi connectivity index (χ2n) is 8.21. The van der Waals surface area contributed by atoms with Crippen molar-refractivity contribution in [1.29, 1.82) is 5.26 Å². The predicted molar refractivity (Wildman–Crippen MR) is 110 cm³/mol. The van der Waals surface area contributed by atoms with Crippen molar-refractivity contribution < 1.29 is 9.53 Å². The van der Waals surface area contributed by atoms with E-state index in [1.54, 1.807) is 24.3 Å². The third-order valence-corrected chi connectivity index (χ3v) is 6.02. The van der Waals surface area contributed by atoms with Gasteiger partial charge in [-0.25, -0.2) is 9.97 Å². The summed E-state index contributed by atoms with van der Waals surface area (Å²) in [6, 6.07) is 11.6. The van der Waals surface area contributed by atoms with Gasteiger partial charge in [-0.3, -0.25) is 4.79 Å². The fourth-order valence-electron chi connectivity index (χ4n) is 3.86. The van der Waals surface area contributed by atoms with E-state index in [0.717, 1.165) is 24.2 Å². The first-order chi connectivity index (χ1) is 13.9. The van der Waals surface area contributed by atoms with Gasteiger partial charge in [-0.15, -0.1) is 0 Å². The highest BCUT2D eigenvalue weighted by molar-refractivity contribution is 6.02. The number of nitriles is 1. The molecule has 4 rings (SSSR count). The van der Waals surface area contributed by atoms with Gasteiger partial charge >= 0.3 is 0 Å². The van der Waals surface area contributed by atoms with Crippen LogP contribution in [-0.2, 0) is 15.1 Å². The largest absolute Gasteiger partial charge is 0.373 e. The lowest BCUT2D eigenvalue weighted by atomic mass is 9.83. The summed E-state index contributed by atoms with van der Waals surface area (Å²) >= 11 is 0. The van der Waals surface area contributed by atoms with Crippen LogP contribution in [-0.4, -0.2) is 29.5 Å². The normalized spacial score (nSPS) is 21.9. The van der Waals surface area contributed by atoms with E-state index in [2.05, 4.69) is 21.4 Å². The lowest BCUT2D eigenvalue weighted by molar-refractivity contribution is -0.123. The van der Waals surface area contributed by atoms with Gasteiger partial charge in [-0.05, 0) is 57.2 Å². The molecule has 150 valence electrons. The standard InChI is InChI=1S/C22H25N5O2/c1-21(2,29-3)17-5-4-6-18(25-17)26-19-13-16(9-11-24-19)27-12-10-22(14-23,20(27)28)15-7-8-15/h4-6,9,11,13,15H,7-8,10,12H2,1-3H3,(H,24,25,26)/t22-/m1/s1. The molecule has 2 aromatic rings. The Morgan fingerprint density at radius 3 is 2.79 bits per heavy atom. The van der Waals surface area contributed by atoms with Crippen LogP contribution >= 0.6 is 0 Å². The third kappa shape index (κ3) is 3.45. The number of rotatable bonds is 6. The van der Waals surface area contributed by atoms with E-state index in [9.17, 15) is 10.1 Å². The molecule has 2 fully saturated rings. The smallest absolute Gasteiger partial charge is 0.247 e. The molecule has 0 aromatic carbocycles. The monoisotopic (exact) mass is 391 g/mol. The van der Waals surface area contributed by atoms with Crippen molar-refractivity contribution in [3.05, 3.63) is 42.2 Å². The van der Waals surface area contributed by atoms with E-state index in [1.165, 1.54) is 0 Å². The molecule has 7 heteroatoms. The molecule has 1 amide bonds. The minimum absolute atomic E-state index is 0.0818. The number of carbonyl (C=O) groups is 1. The van der Waals surface area contributed by atoms with Gasteiger partial charge in [0.15, 0.2) is 0 Å². The van der Waals surface area contributed by atoms with Crippen molar-refractivity contribution in [3.63, 3.8) is 0 Å². The van der Waals surface area contributed by atoms with Gasteiger partial charge in [0, 0.05) is 31.6 Å². The van der Waals surface area contributed by atoms with E-state index < -0.39 is 11.0 Å². The van der Waals surface area contributed by atoms with Crippen molar-refractivity contribution in [2.45, 2.75) is 38.7 Å². The molecule has 2 aromatic heterocycles. The number of hydrogen-bond donors (Lipinski definition) is 1. The Morgan fingerprint density at radius 1 is 1.31 bits per heavy atom. The quantitative estimate of drug-likeness (QED) is 0.806. The molecule has 0 radical (unpaired) electrons. The lowest BCUT2D eigenvalue weighted by Gasteiger charge is -2.23. The Kier molecular flexibility index (Phi) is 4.75. The Morgan fingerprint density at radius 2 is 2.10 bits per heavy atom. The van der Waals surface area contributed by atoms with Crippen LogP contribution in [0.5, 0.6) is 0 Å². The second kappa shape index (κ2) is 7.12. The number of anilines is 3. The zero-order valence-electron chi connectivity index (χ0n) is 17.0. The lowest BCUT2D eigenvalue weighted by Crippen LogP contribution is -2.35. The maximum Gasteiger partial charge on any atom is 0.247 e. The molecule has 0 bridgehead atoms. The second-order valence-corrected chi connectivity index (χ2v) is 8.21. The van der Waals surface area contributed by atoms with Gasteiger partial charge in [0.1, 0.15) is 22.7 Å². The van der Waals surface area contributed by atoms with Crippen LogP contribution in [0.2, 0.25) is 0 Å². The number of nitrogens with zero attached hydrogens (tertiary/aromatic N) is 4. The van der Waals surface area contributed by atoms with Crippen LogP contribution in [0.15, 0.2) is 36.5 Å². The number of carbonyl (C=O) groups excluding carboxylic acids is 1. The van der Waals surface area contributed by atoms with Crippen LogP contribution in [0.25, 0.3) is 0 Å². The van der Waals surface area contributed by atoms with Crippen molar-refractivity contribution in [1.82, 2.24) is 9.97 Å². The summed E-state index contributed by atoms with van der Waals surface area (Å²) in [4.78, 5) is 23.7. The predicted octanol–water partition coefficient (Wildman–Crippen LogP) is 3.76. The minimum atomic E-state index is -0.849. The van der Waals surface area contributed by atoms with Gasteiger partial charge in [0.2, 0.25) is 5.91 Å². The van der Waals surface area contributed by atoms with Crippen LogP contribution in [0, 0.1) is 22.7 Å². The summed E-state index contributed by atoms with van der Waals surface area (Å²) in [5.74, 6) is 1.37. The molecule has 1 saturated carbocycles. The molecular formula is C22H25N5O2. The van der Waals surface area contributed by atoms with E-state index in [4.69, 9.17) is 4.74 Å². The molecule has 1 saturated heterocycles. The highest BCUT2D eigenvalue weighted by Crippen LogP contribution is 2.51. The maximum atomic E-state index is 13.0. The summed E-state index contributed by atoms with van der Waals surface area (Å²) in [6.45, 7) is 4.47. The molecule has 0 unspecified atom stereocenters. The van der Waals surface area contributed by atoms with Gasteiger partial charge in [0.05, 0.1) is 11.8 Å². The first-order valence-electron chi connectivity index (χ1n) is 9.88. The number of ether oxygens (including phenoxy) is 1. The number of hydrogen-bond acceptors (Lipinski definition) is 6. The maximum absolute atomic E-state index is 13.0. The Hall–Kier alpha value is -2.98. The SMILES string of the molecule is COC(C)(C)c1cccc(Nc2cc(N3CC[C@@](C#N)(C4CC4)C3=O)ccn2)n1. The van der Waals surface area contributed by atoms with E-state index in [0.29, 0.717) is 24.6 Å². The van der Waals surface area contributed by atoms with Crippen LogP contribution in [0.1, 0.15) is 38.8 Å². The van der Waals surface area contributed by atoms with Crippen molar-refractivity contribution in [3.8, 4) is 6.07 Å². The molecule has 1 atom stereocenters. The zero-order chi connectivity index (χ0) is 20.6. The van der Waals surface area contributed by atoms with Crippen LogP contribution in [0.4, 0.5) is 17.3 Å². The van der Waals surface area contributed by atoms with Gasteiger partial charge in [-0.1, -0.05) is 6.07 Å². The first-order valence-corrected chi connectivity index (χ1v) is 9.88. The van der Waals surface area contributed by atoms with Crippen molar-refractivity contribution in [2.24, 2.45) is 11.3 Å². The summed E-state index contributed by atoms with van der Waals surface area (Å²) in [5.41, 5.74) is 0.203. The highest BCUT2D eigenvalue weighted by Gasteiger charge is 2.56. The van der Waals surface area contributed by atoms with Gasteiger partial charge in [0.25, 0.3) is 0 Å². The molecule has 1 aliphatic carbocycles. The molecule has 1 N–H and O–H groups in total. The van der Waals surface area contributed by atoms with Gasteiger partial charge < -0.3 is 15.0 Å². The molecule has 3 heterocycles. The van der Waals surface area contributed by atoms with Crippen molar-refractivity contribution >= 4 is 23.2 Å². The fraction of sp³-hybridized carbons (Fsp3) is 0.455. The van der Waals surface area contributed by atoms with E-state index in [1.807, 2.05) is 38.1 Å². The topological polar surface area (TPSA) is 91.1 Å². The average Bonchev–Trinajstić information content (AvgIpc) is 3.52. The van der Waals surface area contributed by atoms with Crippen molar-refractivity contribution in [2.75, 3.05) is 23.9 Å². The number of methoxy groups -OCH3 is 1. The fourth-order valence-corrected chi connectivity index (χ4v) is 3.86. The van der Waals surface area contributed by atoms with E-state index >= 15 is 0 Å². The number of nitrogens with one attached hydrogen (secondary N) is 1. The zero-order valence-corrected chi connectivity index (χ0v) is 17.0. The summed E-state index contributed by atoms with van der Waals surface area (Å²) in [6.07, 6.45) is 4.19. The summed E-state index contributed by atoms with van der Waals surface area (Å²) in [5, 5.41) is 12.9. The van der Waals surface area contributed by atoms with Crippen LogP contribution < -0.4 is 10.2 Å². The number of aromatic nitrogens is 2. The third-order valence-electron chi connectivity index (χ3n) is 6.02. The Balaban J connectivity index is 1.56. The van der Waals surface area contributed by atoms with Gasteiger partial charge in [-0.2, -0.15) is 5.26 Å². The highest BCUT2D eigenvalue weighted by atomic mass is 16.5. The number of pyridine rings is 2. The van der Waals surface area contributed by atoms with Crippen LogP contribution in [0.3, 0.4) is 0 Å². The number of amides is 1. The molecule has 0 spiro atoms. The average molecular weight is 391 g/mol. The minimum Gasteiger partial charge on any atom is -0.373 e. The first kappa shape index (κ1) is 19.3. The summed E-state index contributed by atoms with van der Waals surface area (Å²) < 4.78 is 5.51. The summed E-state index contributed by atoms with van der Waals surface area (Å²) in [7, 11) is 1.66. The van der Waals surface area contributed by atoms with E-state index in [-0.39, 0.29) is 11.8 Å². The molecule has 1 aliphatic heterocycles. The molecule has 7 nitrogen and oxygen atoms in total. The molecule has 29 heavy (non-hydrogen) atoms. The molecular weight excluding hydrogens is 366 g/mol. The molecule has 2 aliphatic rings. The Bertz CT molecular complexity index is 979. The Labute approximate surface area is 170 Å².